The van der Waals surface area contributed by atoms with E-state index in [1.54, 1.807) is 0 Å². The number of amides is 2. The van der Waals surface area contributed by atoms with Crippen molar-refractivity contribution in [2.45, 2.75) is 0 Å². The summed E-state index contributed by atoms with van der Waals surface area (Å²) in [5.74, 6) is -1.94. The average molecular weight is 406 g/mol. The number of ether oxygens (including phenoxy) is 3. The summed E-state index contributed by atoms with van der Waals surface area (Å²) < 4.78 is 15.6. The maximum atomic E-state index is 12.4. The number of rotatable bonds is 8. The number of phenols is 3. The normalized spacial score (nSPS) is 10.2. The number of nitrogens with one attached hydrogen (secondary N) is 2. The number of methoxy groups -OCH3 is 3. The Morgan fingerprint density at radius 2 is 1.17 bits per heavy atom. The molecule has 2 aromatic rings. The van der Waals surface area contributed by atoms with Gasteiger partial charge in [0, 0.05) is 24.2 Å². The van der Waals surface area contributed by atoms with Gasteiger partial charge in [0.2, 0.25) is 5.75 Å². The van der Waals surface area contributed by atoms with E-state index in [0.717, 1.165) is 12.1 Å². The summed E-state index contributed by atoms with van der Waals surface area (Å²) in [6, 6.07) is 5.02. The van der Waals surface area contributed by atoms with Gasteiger partial charge in [0.1, 0.15) is 0 Å². The van der Waals surface area contributed by atoms with E-state index in [2.05, 4.69) is 10.6 Å². The zero-order chi connectivity index (χ0) is 21.6. The second-order valence-electron chi connectivity index (χ2n) is 5.79. The summed E-state index contributed by atoms with van der Waals surface area (Å²) in [6.45, 7) is 0.189. The van der Waals surface area contributed by atoms with Crippen LogP contribution in [-0.2, 0) is 0 Å². The van der Waals surface area contributed by atoms with Crippen LogP contribution in [0.25, 0.3) is 0 Å². The molecule has 0 aliphatic rings. The smallest absolute Gasteiger partial charge is 0.251 e. The van der Waals surface area contributed by atoms with Crippen LogP contribution in [-0.4, -0.2) is 61.6 Å². The molecule has 0 saturated heterocycles. The topological polar surface area (TPSA) is 147 Å². The van der Waals surface area contributed by atoms with E-state index in [-0.39, 0.29) is 24.2 Å². The Bertz CT molecular complexity index is 865. The van der Waals surface area contributed by atoms with Crippen molar-refractivity contribution in [2.24, 2.45) is 0 Å². The maximum absolute atomic E-state index is 12.4. The highest BCUT2D eigenvalue weighted by molar-refractivity contribution is 5.96. The molecule has 0 unspecified atom stereocenters. The fourth-order valence-corrected chi connectivity index (χ4v) is 2.50. The highest BCUT2D eigenvalue weighted by atomic mass is 16.5. The molecule has 0 aliphatic heterocycles. The quantitative estimate of drug-likeness (QED) is 0.322. The Labute approximate surface area is 166 Å². The van der Waals surface area contributed by atoms with Crippen LogP contribution in [0.5, 0.6) is 34.5 Å². The number of carbonyl (C=O) groups is 2. The van der Waals surface area contributed by atoms with E-state index in [0.29, 0.717) is 17.2 Å². The van der Waals surface area contributed by atoms with Crippen LogP contribution in [0.1, 0.15) is 20.7 Å². The molecule has 0 spiro atoms. The van der Waals surface area contributed by atoms with Crippen molar-refractivity contribution < 1.29 is 39.1 Å². The number of hydrogen-bond acceptors (Lipinski definition) is 8. The molecule has 0 fully saturated rings. The van der Waals surface area contributed by atoms with Gasteiger partial charge in [-0.2, -0.15) is 0 Å². The van der Waals surface area contributed by atoms with Crippen molar-refractivity contribution in [2.75, 3.05) is 34.4 Å². The van der Waals surface area contributed by atoms with Crippen LogP contribution in [0.4, 0.5) is 0 Å². The number of carbonyl (C=O) groups excluding carboxylic acids is 2. The zero-order valence-corrected chi connectivity index (χ0v) is 16.1. The summed E-state index contributed by atoms with van der Waals surface area (Å²) in [7, 11) is 4.33. The second-order valence-corrected chi connectivity index (χ2v) is 5.79. The van der Waals surface area contributed by atoms with E-state index >= 15 is 0 Å². The van der Waals surface area contributed by atoms with E-state index in [1.165, 1.54) is 33.5 Å². The average Bonchev–Trinajstić information content (AvgIpc) is 2.72. The molecule has 0 radical (unpaired) electrons. The summed E-state index contributed by atoms with van der Waals surface area (Å²) in [6.07, 6.45) is 0. The molecule has 2 amide bonds. The molecule has 0 atom stereocenters. The predicted octanol–water partition coefficient (Wildman–Crippen LogP) is 0.989. The lowest BCUT2D eigenvalue weighted by atomic mass is 10.1. The van der Waals surface area contributed by atoms with Crippen LogP contribution in [0.15, 0.2) is 24.3 Å². The van der Waals surface area contributed by atoms with E-state index in [9.17, 15) is 24.9 Å². The molecule has 2 aromatic carbocycles. The highest BCUT2D eigenvalue weighted by Crippen LogP contribution is 2.38. The van der Waals surface area contributed by atoms with Crippen molar-refractivity contribution in [3.8, 4) is 34.5 Å². The molecule has 0 aromatic heterocycles. The van der Waals surface area contributed by atoms with Gasteiger partial charge in [-0.05, 0) is 24.3 Å². The molecule has 0 aliphatic carbocycles. The van der Waals surface area contributed by atoms with Crippen LogP contribution in [0.3, 0.4) is 0 Å². The third-order valence-corrected chi connectivity index (χ3v) is 3.95. The SMILES string of the molecule is COc1cc(C(=O)NCCNC(=O)c2cc(O)c(O)c(O)c2)cc(OC)c1OC. The molecule has 5 N–H and O–H groups in total. The van der Waals surface area contributed by atoms with Gasteiger partial charge in [-0.3, -0.25) is 9.59 Å². The van der Waals surface area contributed by atoms with Gasteiger partial charge in [-0.1, -0.05) is 0 Å². The van der Waals surface area contributed by atoms with Gasteiger partial charge in [-0.25, -0.2) is 0 Å². The molecular formula is C19H22N2O8. The molecule has 10 nitrogen and oxygen atoms in total. The minimum absolute atomic E-state index is 0.0475. The highest BCUT2D eigenvalue weighted by Gasteiger charge is 2.17. The Balaban J connectivity index is 1.96. The minimum atomic E-state index is -0.709. The number of hydrogen-bond donors (Lipinski definition) is 5. The summed E-state index contributed by atoms with van der Waals surface area (Å²) in [5, 5.41) is 33.3. The van der Waals surface area contributed by atoms with Crippen LogP contribution in [0, 0.1) is 0 Å². The molecule has 0 heterocycles. The molecule has 156 valence electrons. The molecule has 10 heteroatoms. The first-order valence-corrected chi connectivity index (χ1v) is 8.43. The largest absolute Gasteiger partial charge is 0.504 e. The first kappa shape index (κ1) is 21.5. The third kappa shape index (κ3) is 4.92. The second kappa shape index (κ2) is 9.40. The Morgan fingerprint density at radius 3 is 1.55 bits per heavy atom. The number of phenolic OH excluding ortho intramolecular Hbond substituents is 3. The lowest BCUT2D eigenvalue weighted by Crippen LogP contribution is -2.34. The fraction of sp³-hybridized carbons (Fsp3) is 0.263. The van der Waals surface area contributed by atoms with Crippen LogP contribution in [0.2, 0.25) is 0 Å². The summed E-state index contributed by atoms with van der Waals surface area (Å²) in [5.41, 5.74) is 0.230. The van der Waals surface area contributed by atoms with Gasteiger partial charge >= 0.3 is 0 Å². The van der Waals surface area contributed by atoms with Crippen molar-refractivity contribution in [1.29, 1.82) is 0 Å². The van der Waals surface area contributed by atoms with Gasteiger partial charge in [0.05, 0.1) is 21.3 Å². The molecule has 0 bridgehead atoms. The van der Waals surface area contributed by atoms with Crippen molar-refractivity contribution >= 4 is 11.8 Å². The Morgan fingerprint density at radius 1 is 0.759 bits per heavy atom. The van der Waals surface area contributed by atoms with Gasteiger partial charge in [0.15, 0.2) is 28.7 Å². The monoisotopic (exact) mass is 406 g/mol. The predicted molar refractivity (Wildman–Crippen MR) is 102 cm³/mol. The third-order valence-electron chi connectivity index (χ3n) is 3.95. The number of aromatic hydroxyl groups is 3. The van der Waals surface area contributed by atoms with Gasteiger partial charge in [0.25, 0.3) is 11.8 Å². The molecule has 0 saturated carbocycles. The van der Waals surface area contributed by atoms with Crippen LogP contribution < -0.4 is 24.8 Å². The lowest BCUT2D eigenvalue weighted by molar-refractivity contribution is 0.0927. The fourth-order valence-electron chi connectivity index (χ4n) is 2.50. The first-order valence-electron chi connectivity index (χ1n) is 8.43. The van der Waals surface area contributed by atoms with E-state index in [4.69, 9.17) is 14.2 Å². The zero-order valence-electron chi connectivity index (χ0n) is 16.1. The molecule has 2 rings (SSSR count). The van der Waals surface area contributed by atoms with E-state index < -0.39 is 29.1 Å². The van der Waals surface area contributed by atoms with Crippen LogP contribution >= 0.6 is 0 Å². The molecule has 29 heavy (non-hydrogen) atoms. The van der Waals surface area contributed by atoms with E-state index in [1.807, 2.05) is 0 Å². The van der Waals surface area contributed by atoms with Gasteiger partial charge in [-0.15, -0.1) is 0 Å². The Kier molecular flexibility index (Phi) is 6.96. The summed E-state index contributed by atoms with van der Waals surface area (Å²) >= 11 is 0. The van der Waals surface area contributed by atoms with Gasteiger partial charge < -0.3 is 40.2 Å². The maximum Gasteiger partial charge on any atom is 0.251 e. The van der Waals surface area contributed by atoms with Crippen molar-refractivity contribution in [1.82, 2.24) is 10.6 Å². The summed E-state index contributed by atoms with van der Waals surface area (Å²) in [4.78, 5) is 24.4. The first-order chi connectivity index (χ1) is 13.8. The van der Waals surface area contributed by atoms with Crippen molar-refractivity contribution in [3.63, 3.8) is 0 Å². The minimum Gasteiger partial charge on any atom is -0.504 e. The molecular weight excluding hydrogens is 384 g/mol. The standard InChI is InChI=1S/C19H22N2O8/c1-27-14-8-11(9-15(28-2)17(14)29-3)19(26)21-5-4-20-18(25)10-6-12(22)16(24)13(23)7-10/h6-9,22-24H,4-5H2,1-3H3,(H,20,25)(H,21,26). The Hall–Kier alpha value is -3.82. The van der Waals surface area contributed by atoms with Crippen molar-refractivity contribution in [3.05, 3.63) is 35.4 Å². The lowest BCUT2D eigenvalue weighted by Gasteiger charge is -2.14. The number of benzene rings is 2.